The van der Waals surface area contributed by atoms with Crippen molar-refractivity contribution in [1.82, 2.24) is 19.7 Å². The molecular weight excluding hydrogens is 360 g/mol. The van der Waals surface area contributed by atoms with Gasteiger partial charge in [0.15, 0.2) is 0 Å². The lowest BCUT2D eigenvalue weighted by Gasteiger charge is -2.42. The number of ether oxygens (including phenoxy) is 2. The van der Waals surface area contributed by atoms with E-state index in [1.165, 1.54) is 0 Å². The Morgan fingerprint density at radius 3 is 2.57 bits per heavy atom. The van der Waals surface area contributed by atoms with Crippen LogP contribution in [-0.4, -0.2) is 63.9 Å². The maximum absolute atomic E-state index is 12.8. The van der Waals surface area contributed by atoms with Gasteiger partial charge in [-0.3, -0.25) is 9.59 Å². The Bertz CT molecular complexity index is 688. The van der Waals surface area contributed by atoms with E-state index < -0.39 is 5.41 Å². The molecule has 1 amide bonds. The van der Waals surface area contributed by atoms with E-state index in [-0.39, 0.29) is 24.5 Å². The molecule has 2 saturated heterocycles. The minimum Gasteiger partial charge on any atom is -0.466 e. The molecule has 0 unspecified atom stereocenters. The Morgan fingerprint density at radius 2 is 2.00 bits per heavy atom. The fourth-order valence-corrected chi connectivity index (χ4v) is 4.30. The number of carbonyl (C=O) groups is 2. The molecule has 0 bridgehead atoms. The molecule has 8 nitrogen and oxygen atoms in total. The zero-order valence-electron chi connectivity index (χ0n) is 17.3. The average Bonchev–Trinajstić information content (AvgIpc) is 3.00. The smallest absolute Gasteiger partial charge is 0.312 e. The summed E-state index contributed by atoms with van der Waals surface area (Å²) in [4.78, 5) is 31.6. The van der Waals surface area contributed by atoms with Crippen LogP contribution in [0.5, 0.6) is 0 Å². The molecule has 8 heteroatoms. The van der Waals surface area contributed by atoms with Gasteiger partial charge in [-0.25, -0.2) is 9.67 Å². The summed E-state index contributed by atoms with van der Waals surface area (Å²) in [5, 5.41) is 4.27. The third-order valence-electron chi connectivity index (χ3n) is 5.92. The Balaban J connectivity index is 1.63. The summed E-state index contributed by atoms with van der Waals surface area (Å²) in [6.45, 7) is 7.93. The van der Waals surface area contributed by atoms with Gasteiger partial charge in [-0.2, -0.15) is 5.10 Å². The molecule has 156 valence electrons. The second-order valence-electron chi connectivity index (χ2n) is 7.94. The molecule has 28 heavy (non-hydrogen) atoms. The number of aryl methyl sites for hydroxylation is 2. The molecule has 0 radical (unpaired) electrons. The van der Waals surface area contributed by atoms with E-state index in [4.69, 9.17) is 9.47 Å². The lowest BCUT2D eigenvalue weighted by Crippen LogP contribution is -2.49. The number of likely N-dealkylation sites (tertiary alicyclic amines) is 1. The maximum atomic E-state index is 12.8. The first-order valence-corrected chi connectivity index (χ1v) is 10.4. The number of hydrogen-bond acceptors (Lipinski definition) is 6. The predicted octanol–water partition coefficient (Wildman–Crippen LogP) is 2.03. The summed E-state index contributed by atoms with van der Waals surface area (Å²) in [5.74, 6) is 1.27. The molecule has 0 saturated carbocycles. The van der Waals surface area contributed by atoms with Crippen LogP contribution in [0.2, 0.25) is 0 Å². The second kappa shape index (κ2) is 9.03. The monoisotopic (exact) mass is 392 g/mol. The third-order valence-corrected chi connectivity index (χ3v) is 5.92. The van der Waals surface area contributed by atoms with Crippen LogP contribution in [-0.2, 0) is 25.6 Å². The first-order valence-electron chi connectivity index (χ1n) is 10.4. The van der Waals surface area contributed by atoms with Gasteiger partial charge in [0, 0.05) is 19.7 Å². The Labute approximate surface area is 166 Å². The molecule has 1 aromatic rings. The van der Waals surface area contributed by atoms with Crippen LogP contribution < -0.4 is 0 Å². The summed E-state index contributed by atoms with van der Waals surface area (Å²) in [5.41, 5.74) is -0.547. The topological polar surface area (TPSA) is 86.5 Å². The highest BCUT2D eigenvalue weighted by atomic mass is 16.5. The van der Waals surface area contributed by atoms with E-state index in [2.05, 4.69) is 10.1 Å². The van der Waals surface area contributed by atoms with Crippen LogP contribution in [0.4, 0.5) is 0 Å². The zero-order chi connectivity index (χ0) is 20.1. The van der Waals surface area contributed by atoms with E-state index in [0.717, 1.165) is 31.7 Å². The van der Waals surface area contributed by atoms with Crippen LogP contribution >= 0.6 is 0 Å². The van der Waals surface area contributed by atoms with Gasteiger partial charge in [0.1, 0.15) is 18.2 Å². The molecule has 1 aromatic heterocycles. The Hall–Kier alpha value is -1.96. The predicted molar refractivity (Wildman–Crippen MR) is 103 cm³/mol. The van der Waals surface area contributed by atoms with Gasteiger partial charge in [-0.05, 0) is 59.3 Å². The number of carbonyl (C=O) groups excluding carboxylic acids is 2. The summed E-state index contributed by atoms with van der Waals surface area (Å²) in [7, 11) is 0. The number of rotatable bonds is 6. The molecule has 2 aliphatic heterocycles. The van der Waals surface area contributed by atoms with Crippen molar-refractivity contribution >= 4 is 11.9 Å². The third kappa shape index (κ3) is 4.71. The molecule has 0 aliphatic carbocycles. The van der Waals surface area contributed by atoms with Crippen molar-refractivity contribution in [3.8, 4) is 0 Å². The summed E-state index contributed by atoms with van der Waals surface area (Å²) >= 11 is 0. The van der Waals surface area contributed by atoms with Gasteiger partial charge in [0.05, 0.1) is 18.1 Å². The summed E-state index contributed by atoms with van der Waals surface area (Å²) in [6.07, 6.45) is 5.27. The fraction of sp³-hybridized carbons (Fsp3) is 0.800. The van der Waals surface area contributed by atoms with E-state index in [0.29, 0.717) is 44.8 Å². The fourth-order valence-electron chi connectivity index (χ4n) is 4.30. The van der Waals surface area contributed by atoms with Gasteiger partial charge >= 0.3 is 5.97 Å². The quantitative estimate of drug-likeness (QED) is 0.689. The number of esters is 1. The Morgan fingerprint density at radius 1 is 1.25 bits per heavy atom. The highest BCUT2D eigenvalue weighted by Gasteiger charge is 2.45. The lowest BCUT2D eigenvalue weighted by molar-refractivity contribution is -0.164. The van der Waals surface area contributed by atoms with Crippen molar-refractivity contribution in [2.24, 2.45) is 5.41 Å². The van der Waals surface area contributed by atoms with Crippen molar-refractivity contribution in [3.63, 3.8) is 0 Å². The van der Waals surface area contributed by atoms with Crippen LogP contribution in [0, 0.1) is 19.3 Å². The minimum atomic E-state index is -0.547. The molecule has 2 aliphatic rings. The van der Waals surface area contributed by atoms with Crippen molar-refractivity contribution < 1.29 is 19.1 Å². The number of nitrogens with zero attached hydrogens (tertiary/aromatic N) is 4. The van der Waals surface area contributed by atoms with Gasteiger partial charge in [-0.15, -0.1) is 0 Å². The Kier molecular flexibility index (Phi) is 6.69. The van der Waals surface area contributed by atoms with Gasteiger partial charge in [0.2, 0.25) is 5.91 Å². The molecular formula is C20H32N4O4. The summed E-state index contributed by atoms with van der Waals surface area (Å²) < 4.78 is 13.0. The molecule has 2 fully saturated rings. The van der Waals surface area contributed by atoms with E-state index >= 15 is 0 Å². The van der Waals surface area contributed by atoms with Gasteiger partial charge < -0.3 is 14.4 Å². The number of amides is 1. The normalized spacial score (nSPS) is 22.1. The lowest BCUT2D eigenvalue weighted by atomic mass is 9.73. The summed E-state index contributed by atoms with van der Waals surface area (Å²) in [6, 6.07) is 0. The van der Waals surface area contributed by atoms with Crippen molar-refractivity contribution in [2.45, 2.75) is 71.9 Å². The number of hydrogen-bond donors (Lipinski definition) is 0. The average molecular weight is 393 g/mol. The largest absolute Gasteiger partial charge is 0.466 e. The second-order valence-corrected chi connectivity index (χ2v) is 7.94. The number of piperidine rings is 1. The SMILES string of the molecule is CCOC(=O)C1(C[C@@H]2CCCCO2)CCN(C(=O)Cn2nc(C)nc2C)CC1. The molecule has 0 aromatic carbocycles. The highest BCUT2D eigenvalue weighted by Crippen LogP contribution is 2.40. The maximum Gasteiger partial charge on any atom is 0.312 e. The molecule has 3 heterocycles. The molecule has 1 atom stereocenters. The van der Waals surface area contributed by atoms with Crippen LogP contribution in [0.1, 0.15) is 57.1 Å². The first-order chi connectivity index (χ1) is 13.4. The van der Waals surface area contributed by atoms with E-state index in [1.807, 2.05) is 25.7 Å². The first kappa shape index (κ1) is 20.8. The van der Waals surface area contributed by atoms with Crippen LogP contribution in [0.15, 0.2) is 0 Å². The van der Waals surface area contributed by atoms with Gasteiger partial charge in [-0.1, -0.05) is 0 Å². The van der Waals surface area contributed by atoms with Crippen molar-refractivity contribution in [1.29, 1.82) is 0 Å². The van der Waals surface area contributed by atoms with Crippen molar-refractivity contribution in [2.75, 3.05) is 26.3 Å². The van der Waals surface area contributed by atoms with Gasteiger partial charge in [0.25, 0.3) is 0 Å². The molecule has 0 N–H and O–H groups in total. The minimum absolute atomic E-state index is 0.0133. The molecule has 0 spiro atoms. The van der Waals surface area contributed by atoms with Crippen molar-refractivity contribution in [3.05, 3.63) is 11.6 Å². The van der Waals surface area contributed by atoms with E-state index in [1.54, 1.807) is 4.68 Å². The zero-order valence-corrected chi connectivity index (χ0v) is 17.3. The number of aromatic nitrogens is 3. The highest BCUT2D eigenvalue weighted by molar-refractivity contribution is 5.79. The van der Waals surface area contributed by atoms with Crippen LogP contribution in [0.3, 0.4) is 0 Å². The van der Waals surface area contributed by atoms with E-state index in [9.17, 15) is 9.59 Å². The molecule has 3 rings (SSSR count). The van der Waals surface area contributed by atoms with Crippen LogP contribution in [0.25, 0.3) is 0 Å². The standard InChI is InChI=1S/C20H32N4O4/c1-4-27-19(26)20(13-17-7-5-6-12-28-17)8-10-23(11-9-20)18(25)14-24-16(3)21-15(2)22-24/h17H,4-14H2,1-3H3/t17-/m0/s1.